The van der Waals surface area contributed by atoms with Gasteiger partial charge in [-0.1, -0.05) is 0 Å². The van der Waals surface area contributed by atoms with Crippen molar-refractivity contribution in [3.8, 4) is 0 Å². The van der Waals surface area contributed by atoms with Crippen molar-refractivity contribution in [2.24, 2.45) is 0 Å². The van der Waals surface area contributed by atoms with E-state index in [1.807, 2.05) is 6.92 Å². The minimum absolute atomic E-state index is 0.175. The van der Waals surface area contributed by atoms with Crippen molar-refractivity contribution in [2.45, 2.75) is 38.8 Å². The van der Waals surface area contributed by atoms with Gasteiger partial charge in [-0.2, -0.15) is 0 Å². The predicted molar refractivity (Wildman–Crippen MR) is 108 cm³/mol. The first-order chi connectivity index (χ1) is 14.3. The number of likely N-dealkylation sites (N-methyl/N-ethyl adjacent to an activating group) is 1. The Bertz CT molecular complexity index is 1040. The molecule has 2 aromatic rings. The summed E-state index contributed by atoms with van der Waals surface area (Å²) in [7, 11) is 1.71. The molecule has 2 aliphatic heterocycles. The molecule has 158 valence electrons. The number of amides is 2. The molecule has 0 saturated carbocycles. The van der Waals surface area contributed by atoms with Gasteiger partial charge < -0.3 is 19.1 Å². The lowest BCUT2D eigenvalue weighted by Gasteiger charge is -2.37. The quantitative estimate of drug-likeness (QED) is 0.757. The molecule has 0 N–H and O–H groups in total. The standard InChI is InChI=1S/C21H25N5O4/c1-14-4-7-26(12-16-11-22-15(2)10-23-16)19(28)17(14)18(27)25-8-5-21(6-9-25)13-24(3)20(29)30-21/h4,7,10-11H,5-6,8-9,12-13H2,1-3H3. The zero-order valence-corrected chi connectivity index (χ0v) is 17.4. The number of piperidine rings is 1. The summed E-state index contributed by atoms with van der Waals surface area (Å²) in [6.45, 7) is 5.28. The van der Waals surface area contributed by atoms with Gasteiger partial charge in [0.1, 0.15) is 11.2 Å². The summed E-state index contributed by atoms with van der Waals surface area (Å²) in [5.41, 5.74) is 1.40. The summed E-state index contributed by atoms with van der Waals surface area (Å²) in [6, 6.07) is 1.77. The van der Waals surface area contributed by atoms with Crippen LogP contribution in [-0.4, -0.2) is 68.6 Å². The molecule has 0 bridgehead atoms. The normalized spacial score (nSPS) is 18.0. The third-order valence-corrected chi connectivity index (χ3v) is 5.86. The molecule has 0 aromatic carbocycles. The summed E-state index contributed by atoms with van der Waals surface area (Å²) in [4.78, 5) is 49.7. The van der Waals surface area contributed by atoms with E-state index in [9.17, 15) is 14.4 Å². The third kappa shape index (κ3) is 3.67. The SMILES string of the molecule is Cc1cnc(Cn2ccc(C)c(C(=O)N3CCC4(CC3)CN(C)C(=O)O4)c2=O)cn1. The Hall–Kier alpha value is -3.23. The number of hydrogen-bond donors (Lipinski definition) is 0. The zero-order chi connectivity index (χ0) is 21.5. The van der Waals surface area contributed by atoms with E-state index in [-0.39, 0.29) is 29.7 Å². The van der Waals surface area contributed by atoms with Gasteiger partial charge in [-0.15, -0.1) is 0 Å². The highest BCUT2D eigenvalue weighted by Gasteiger charge is 2.46. The minimum Gasteiger partial charge on any atom is -0.441 e. The molecular weight excluding hydrogens is 386 g/mol. The highest BCUT2D eigenvalue weighted by Crippen LogP contribution is 2.32. The van der Waals surface area contributed by atoms with Crippen molar-refractivity contribution in [2.75, 3.05) is 26.7 Å². The van der Waals surface area contributed by atoms with Crippen molar-refractivity contribution in [3.63, 3.8) is 0 Å². The molecule has 4 rings (SSSR count). The zero-order valence-electron chi connectivity index (χ0n) is 17.4. The van der Waals surface area contributed by atoms with E-state index in [1.165, 1.54) is 4.57 Å². The average Bonchev–Trinajstić information content (AvgIpc) is 2.99. The van der Waals surface area contributed by atoms with Gasteiger partial charge in [-0.25, -0.2) is 4.79 Å². The smallest absolute Gasteiger partial charge is 0.410 e. The van der Waals surface area contributed by atoms with Crippen molar-refractivity contribution >= 4 is 12.0 Å². The van der Waals surface area contributed by atoms with Gasteiger partial charge >= 0.3 is 6.09 Å². The highest BCUT2D eigenvalue weighted by atomic mass is 16.6. The van der Waals surface area contributed by atoms with Crippen molar-refractivity contribution in [3.05, 3.63) is 57.5 Å². The molecule has 0 atom stereocenters. The van der Waals surface area contributed by atoms with Crippen LogP contribution in [0.2, 0.25) is 0 Å². The molecule has 2 aromatic heterocycles. The minimum atomic E-state index is -0.529. The lowest BCUT2D eigenvalue weighted by atomic mass is 9.91. The van der Waals surface area contributed by atoms with Crippen molar-refractivity contribution < 1.29 is 14.3 Å². The monoisotopic (exact) mass is 411 g/mol. The lowest BCUT2D eigenvalue weighted by Crippen LogP contribution is -2.49. The van der Waals surface area contributed by atoms with Gasteiger partial charge in [-0.3, -0.25) is 19.6 Å². The number of likely N-dealkylation sites (tertiary alicyclic amines) is 1. The Morgan fingerprint density at radius 1 is 1.17 bits per heavy atom. The van der Waals surface area contributed by atoms with Gasteiger partial charge in [0.25, 0.3) is 11.5 Å². The summed E-state index contributed by atoms with van der Waals surface area (Å²) in [6.07, 6.45) is 5.76. The number of ether oxygens (including phenoxy) is 1. The van der Waals surface area contributed by atoms with Crippen LogP contribution in [0.5, 0.6) is 0 Å². The van der Waals surface area contributed by atoms with Crippen LogP contribution in [0.4, 0.5) is 4.79 Å². The molecular formula is C21H25N5O4. The predicted octanol–water partition coefficient (Wildman–Crippen LogP) is 1.36. The van der Waals surface area contributed by atoms with Gasteiger partial charge in [0.2, 0.25) is 0 Å². The maximum Gasteiger partial charge on any atom is 0.410 e. The van der Waals surface area contributed by atoms with Crippen LogP contribution in [0, 0.1) is 13.8 Å². The van der Waals surface area contributed by atoms with Gasteiger partial charge in [-0.05, 0) is 25.5 Å². The second-order valence-electron chi connectivity index (χ2n) is 8.16. The van der Waals surface area contributed by atoms with E-state index in [2.05, 4.69) is 9.97 Å². The fourth-order valence-corrected chi connectivity index (χ4v) is 4.05. The molecule has 9 nitrogen and oxygen atoms in total. The van der Waals surface area contributed by atoms with E-state index in [0.29, 0.717) is 43.7 Å². The number of nitrogens with zero attached hydrogens (tertiary/aromatic N) is 5. The van der Waals surface area contributed by atoms with Crippen LogP contribution in [0.1, 0.15) is 40.2 Å². The Labute approximate surface area is 174 Å². The summed E-state index contributed by atoms with van der Waals surface area (Å²) in [5.74, 6) is -0.283. The maximum absolute atomic E-state index is 13.2. The van der Waals surface area contributed by atoms with Crippen LogP contribution >= 0.6 is 0 Å². The van der Waals surface area contributed by atoms with Crippen LogP contribution in [0.3, 0.4) is 0 Å². The number of aromatic nitrogens is 3. The van der Waals surface area contributed by atoms with Crippen LogP contribution in [0.15, 0.2) is 29.5 Å². The van der Waals surface area contributed by atoms with Crippen LogP contribution < -0.4 is 5.56 Å². The second kappa shape index (κ2) is 7.55. The molecule has 1 spiro atoms. The molecule has 30 heavy (non-hydrogen) atoms. The van der Waals surface area contributed by atoms with Gasteiger partial charge in [0, 0.05) is 45.4 Å². The van der Waals surface area contributed by atoms with E-state index >= 15 is 0 Å². The summed E-state index contributed by atoms with van der Waals surface area (Å²) in [5, 5.41) is 0. The van der Waals surface area contributed by atoms with Crippen molar-refractivity contribution in [1.82, 2.24) is 24.3 Å². The molecule has 4 heterocycles. The summed E-state index contributed by atoms with van der Waals surface area (Å²) < 4.78 is 7.03. The molecule has 0 radical (unpaired) electrons. The molecule has 2 aliphatic rings. The molecule has 2 fully saturated rings. The average molecular weight is 411 g/mol. The molecule has 0 aliphatic carbocycles. The number of pyridine rings is 1. The number of carbonyl (C=O) groups is 2. The number of carbonyl (C=O) groups excluding carboxylic acids is 2. The molecule has 9 heteroatoms. The third-order valence-electron chi connectivity index (χ3n) is 5.86. The maximum atomic E-state index is 13.2. The number of rotatable bonds is 3. The van der Waals surface area contributed by atoms with E-state index < -0.39 is 5.60 Å². The topological polar surface area (TPSA) is 97.6 Å². The largest absolute Gasteiger partial charge is 0.441 e. The lowest BCUT2D eigenvalue weighted by molar-refractivity contribution is 0.00309. The second-order valence-corrected chi connectivity index (χ2v) is 8.16. The Morgan fingerprint density at radius 3 is 2.50 bits per heavy atom. The number of hydrogen-bond acceptors (Lipinski definition) is 6. The molecule has 2 saturated heterocycles. The first-order valence-electron chi connectivity index (χ1n) is 9.99. The van der Waals surface area contributed by atoms with E-state index in [0.717, 1.165) is 5.69 Å². The van der Waals surface area contributed by atoms with E-state index in [4.69, 9.17) is 4.74 Å². The van der Waals surface area contributed by atoms with Gasteiger partial charge in [0.05, 0.1) is 30.7 Å². The molecule has 2 amide bonds. The first kappa shape index (κ1) is 20.1. The van der Waals surface area contributed by atoms with E-state index in [1.54, 1.807) is 48.4 Å². The molecule has 0 unspecified atom stereocenters. The first-order valence-corrected chi connectivity index (χ1v) is 9.99. The van der Waals surface area contributed by atoms with Crippen LogP contribution in [-0.2, 0) is 11.3 Å². The Kier molecular flexibility index (Phi) is 5.05. The highest BCUT2D eigenvalue weighted by molar-refractivity contribution is 5.95. The number of aryl methyl sites for hydroxylation is 2. The Balaban J connectivity index is 1.52. The summed E-state index contributed by atoms with van der Waals surface area (Å²) >= 11 is 0. The fourth-order valence-electron chi connectivity index (χ4n) is 4.05. The Morgan fingerprint density at radius 2 is 1.90 bits per heavy atom. The van der Waals surface area contributed by atoms with Crippen LogP contribution in [0.25, 0.3) is 0 Å². The van der Waals surface area contributed by atoms with Gasteiger partial charge in [0.15, 0.2) is 0 Å². The fraction of sp³-hybridized carbons (Fsp3) is 0.476. The van der Waals surface area contributed by atoms with Crippen molar-refractivity contribution in [1.29, 1.82) is 0 Å².